The number of phenols is 1. The molecule has 1 fully saturated rings. The lowest BCUT2D eigenvalue weighted by atomic mass is 10.1. The van der Waals surface area contributed by atoms with Crippen LogP contribution in [0.2, 0.25) is 0 Å². The molecule has 0 bridgehead atoms. The molecular weight excluding hydrogens is 570 g/mol. The number of carbonyl (C=O) groups excluding carboxylic acids is 1. The Kier molecular flexibility index (Phi) is 11.6. The van der Waals surface area contributed by atoms with Gasteiger partial charge in [-0.15, -0.1) is 0 Å². The Morgan fingerprint density at radius 2 is 1.76 bits per heavy atom. The Morgan fingerprint density at radius 1 is 1.10 bits per heavy atom. The number of para-hydroxylation sites is 1. The van der Waals surface area contributed by atoms with E-state index in [0.717, 1.165) is 0 Å². The fourth-order valence-electron chi connectivity index (χ4n) is 4.20. The lowest BCUT2D eigenvalue weighted by Crippen LogP contribution is -2.37. The number of amides is 1. The van der Waals surface area contributed by atoms with Crippen LogP contribution in [0.3, 0.4) is 0 Å². The highest BCUT2D eigenvalue weighted by Gasteiger charge is 2.45. The zero-order valence-corrected chi connectivity index (χ0v) is 25.0. The summed E-state index contributed by atoms with van der Waals surface area (Å²) in [7, 11) is -4.63. The minimum Gasteiger partial charge on any atom is -0.507 e. The number of rotatable bonds is 11. The minimum absolute atomic E-state index is 0.0724. The van der Waals surface area contributed by atoms with Gasteiger partial charge in [0.2, 0.25) is 0 Å². The number of aromatic hydroxyl groups is 1. The summed E-state index contributed by atoms with van der Waals surface area (Å²) in [6.07, 6.45) is -2.72. The highest BCUT2D eigenvalue weighted by molar-refractivity contribution is 7.85. The molecular formula is C26H39N7O8S. The Bertz CT molecular complexity index is 1430. The number of hydrogen-bond acceptors (Lipinski definition) is 13. The number of imidazole rings is 1. The van der Waals surface area contributed by atoms with Crippen LogP contribution in [-0.2, 0) is 19.2 Å². The lowest BCUT2D eigenvalue weighted by Gasteiger charge is -2.17. The van der Waals surface area contributed by atoms with E-state index in [2.05, 4.69) is 45.9 Å². The van der Waals surface area contributed by atoms with Gasteiger partial charge in [0.25, 0.3) is 5.91 Å². The maximum atomic E-state index is 12.2. The van der Waals surface area contributed by atoms with Gasteiger partial charge >= 0.3 is 10.3 Å². The zero-order chi connectivity index (χ0) is 31.0. The van der Waals surface area contributed by atoms with Gasteiger partial charge in [0.15, 0.2) is 23.2 Å². The highest BCUT2D eigenvalue weighted by Crippen LogP contribution is 2.32. The Labute approximate surface area is 244 Å². The molecule has 4 rings (SSSR count). The first-order chi connectivity index (χ1) is 19.9. The molecule has 0 spiro atoms. The number of nitrogens with one attached hydrogen (secondary N) is 2. The van der Waals surface area contributed by atoms with E-state index in [9.17, 15) is 28.5 Å². The van der Waals surface area contributed by atoms with Crippen molar-refractivity contribution >= 4 is 33.2 Å². The van der Waals surface area contributed by atoms with Gasteiger partial charge in [0, 0.05) is 6.04 Å². The summed E-state index contributed by atoms with van der Waals surface area (Å²) < 4.78 is 37.9. The standard InChI is InChI=1S/C20H24N6O8S.C6H15N/c1-10(2)24-17-14-18(22-8-21-17)26(9-23-14)20-16(29)15(28)13(34-20)7-33-35(31,32)25-19(30)11-5-3-4-6-12(11)27;1-4-7(5-2)6-3/h3-6,8-10,13,15-16,20,27-29H,7H2,1-2H3,(H,25,30)(H,21,22,24);4-6H2,1-3H3/t13-,15-,16-,20-;/m1./s1. The summed E-state index contributed by atoms with van der Waals surface area (Å²) in [4.78, 5) is 27.1. The van der Waals surface area contributed by atoms with Gasteiger partial charge in [0.1, 0.15) is 30.4 Å². The summed E-state index contributed by atoms with van der Waals surface area (Å²) in [6.45, 7) is 13.3. The first-order valence-electron chi connectivity index (χ1n) is 13.6. The van der Waals surface area contributed by atoms with Gasteiger partial charge in [0.05, 0.1) is 18.5 Å². The van der Waals surface area contributed by atoms with E-state index in [1.165, 1.54) is 61.1 Å². The van der Waals surface area contributed by atoms with Crippen molar-refractivity contribution < 1.29 is 37.5 Å². The van der Waals surface area contributed by atoms with Gasteiger partial charge in [-0.2, -0.15) is 8.42 Å². The Hall–Kier alpha value is -3.41. The maximum Gasteiger partial charge on any atom is 0.362 e. The molecule has 3 aromatic rings. The van der Waals surface area contributed by atoms with E-state index < -0.39 is 53.1 Å². The number of hydrogen-bond donors (Lipinski definition) is 5. The number of fused-ring (bicyclic) bond motifs is 1. The van der Waals surface area contributed by atoms with E-state index in [1.807, 2.05) is 13.8 Å². The van der Waals surface area contributed by atoms with E-state index in [4.69, 9.17) is 8.92 Å². The molecule has 0 aliphatic carbocycles. The van der Waals surface area contributed by atoms with Crippen LogP contribution in [0.4, 0.5) is 5.82 Å². The zero-order valence-electron chi connectivity index (χ0n) is 24.2. The Morgan fingerprint density at radius 3 is 2.36 bits per heavy atom. The average Bonchev–Trinajstić information content (AvgIpc) is 3.50. The van der Waals surface area contributed by atoms with Gasteiger partial charge < -0.3 is 30.3 Å². The first-order valence-corrected chi connectivity index (χ1v) is 15.0. The predicted octanol–water partition coefficient (Wildman–Crippen LogP) is 1.01. The van der Waals surface area contributed by atoms with Crippen LogP contribution in [0.5, 0.6) is 5.75 Å². The topological polar surface area (TPSA) is 201 Å². The van der Waals surface area contributed by atoms with Gasteiger partial charge in [-0.3, -0.25) is 13.5 Å². The van der Waals surface area contributed by atoms with Crippen LogP contribution in [-0.4, -0.2) is 105 Å². The van der Waals surface area contributed by atoms with Crippen molar-refractivity contribution in [2.45, 2.75) is 65.2 Å². The molecule has 1 amide bonds. The van der Waals surface area contributed by atoms with Crippen molar-refractivity contribution in [2.24, 2.45) is 0 Å². The van der Waals surface area contributed by atoms with Crippen molar-refractivity contribution in [3.63, 3.8) is 0 Å². The number of phenolic OH excluding ortho intramolecular Hbond substituents is 1. The normalized spacial score (nSPS) is 20.5. The molecule has 3 heterocycles. The maximum absolute atomic E-state index is 12.2. The number of aliphatic hydroxyl groups is 2. The molecule has 1 saturated heterocycles. The second-order valence-electron chi connectivity index (χ2n) is 9.70. The molecule has 0 unspecified atom stereocenters. The van der Waals surface area contributed by atoms with Crippen LogP contribution in [0.25, 0.3) is 11.2 Å². The van der Waals surface area contributed by atoms with E-state index in [1.54, 1.807) is 4.72 Å². The molecule has 15 nitrogen and oxygen atoms in total. The average molecular weight is 610 g/mol. The van der Waals surface area contributed by atoms with Crippen LogP contribution >= 0.6 is 0 Å². The quantitative estimate of drug-likeness (QED) is 0.206. The number of anilines is 1. The van der Waals surface area contributed by atoms with Crippen molar-refractivity contribution in [2.75, 3.05) is 31.6 Å². The van der Waals surface area contributed by atoms with Gasteiger partial charge in [-0.25, -0.2) is 19.7 Å². The second kappa shape index (κ2) is 14.7. The molecule has 5 N–H and O–H groups in total. The van der Waals surface area contributed by atoms with Crippen molar-refractivity contribution in [1.82, 2.24) is 29.1 Å². The molecule has 0 radical (unpaired) electrons. The third kappa shape index (κ3) is 8.11. The van der Waals surface area contributed by atoms with Crippen LogP contribution in [0.1, 0.15) is 51.2 Å². The molecule has 1 aliphatic rings. The molecule has 16 heteroatoms. The molecule has 1 aliphatic heterocycles. The number of benzene rings is 1. The number of nitrogens with zero attached hydrogens (tertiary/aromatic N) is 5. The van der Waals surface area contributed by atoms with Crippen LogP contribution < -0.4 is 10.0 Å². The SMILES string of the molecule is CC(C)Nc1ncnc2c1ncn2[C@@H]1O[C@H](COS(=O)(=O)NC(=O)c2ccccc2O)[C@@H](O)[C@H]1O.CCN(CC)CC. The second-order valence-corrected chi connectivity index (χ2v) is 11.0. The van der Waals surface area contributed by atoms with Crippen LogP contribution in [0, 0.1) is 0 Å². The minimum atomic E-state index is -4.63. The number of aromatic nitrogens is 4. The summed E-state index contributed by atoms with van der Waals surface area (Å²) >= 11 is 0. The fourth-order valence-corrected chi connectivity index (χ4v) is 4.91. The van der Waals surface area contributed by atoms with Crippen molar-refractivity contribution in [1.29, 1.82) is 0 Å². The third-order valence-corrected chi connectivity index (χ3v) is 7.37. The van der Waals surface area contributed by atoms with Gasteiger partial charge in [-0.05, 0) is 45.6 Å². The molecule has 1 aromatic carbocycles. The largest absolute Gasteiger partial charge is 0.507 e. The van der Waals surface area contributed by atoms with Gasteiger partial charge in [-0.1, -0.05) is 32.9 Å². The summed E-state index contributed by atoms with van der Waals surface area (Å²) in [6, 6.07) is 5.43. The number of aliphatic hydroxyl groups excluding tert-OH is 2. The van der Waals surface area contributed by atoms with E-state index in [-0.39, 0.29) is 11.6 Å². The molecule has 0 saturated carbocycles. The third-order valence-electron chi connectivity index (χ3n) is 6.49. The molecule has 4 atom stereocenters. The Balaban J connectivity index is 0.000000616. The highest BCUT2D eigenvalue weighted by atomic mass is 32.2. The van der Waals surface area contributed by atoms with Crippen molar-refractivity contribution in [3.8, 4) is 5.75 Å². The van der Waals surface area contributed by atoms with Crippen molar-refractivity contribution in [3.05, 3.63) is 42.5 Å². The summed E-state index contributed by atoms with van der Waals surface area (Å²) in [5.41, 5.74) is 0.469. The summed E-state index contributed by atoms with van der Waals surface area (Å²) in [5, 5.41) is 33.8. The van der Waals surface area contributed by atoms with Crippen LogP contribution in [0.15, 0.2) is 36.9 Å². The summed E-state index contributed by atoms with van der Waals surface area (Å²) in [5.74, 6) is -1.05. The monoisotopic (exact) mass is 609 g/mol. The fraction of sp³-hybridized carbons (Fsp3) is 0.538. The van der Waals surface area contributed by atoms with E-state index >= 15 is 0 Å². The smallest absolute Gasteiger partial charge is 0.362 e. The lowest BCUT2D eigenvalue weighted by molar-refractivity contribution is -0.0468. The molecule has 232 valence electrons. The molecule has 2 aromatic heterocycles. The molecule has 42 heavy (non-hydrogen) atoms. The predicted molar refractivity (Wildman–Crippen MR) is 154 cm³/mol. The number of ether oxygens (including phenoxy) is 1. The first kappa shape index (κ1) is 33.1. The van der Waals surface area contributed by atoms with E-state index in [0.29, 0.717) is 17.0 Å². The number of carbonyl (C=O) groups is 1.